The number of carbonyl (C=O) groups excluding carboxylic acids is 4. The molecule has 2 fully saturated rings. The first kappa shape index (κ1) is 30.8. The third kappa shape index (κ3) is 4.81. The van der Waals surface area contributed by atoms with Crippen molar-refractivity contribution in [3.63, 3.8) is 0 Å². The highest BCUT2D eigenvalue weighted by molar-refractivity contribution is 6.21. The molecule has 3 aromatic carbocycles. The third-order valence-corrected chi connectivity index (χ3v) is 10.7. The number of hydrogen-bond acceptors (Lipinski definition) is 7. The predicted molar refractivity (Wildman–Crippen MR) is 183 cm³/mol. The van der Waals surface area contributed by atoms with E-state index in [2.05, 4.69) is 59.1 Å². The van der Waals surface area contributed by atoms with Gasteiger partial charge in [-0.25, -0.2) is 14.8 Å². The van der Waals surface area contributed by atoms with Crippen molar-refractivity contribution < 1.29 is 19.2 Å². The van der Waals surface area contributed by atoms with Gasteiger partial charge in [0.15, 0.2) is 5.78 Å². The SMILES string of the molecule is CCc1ccc2c(c1)C(=O)c1c([nH]c3c(N4CCN(Cc5ccc6c(c5)CN(N5CCC(=O)NC5=O)C6=O)CC4)c(C#N)ccc13)C2(C)C. The molecule has 0 spiro atoms. The number of aromatic amines is 1. The van der Waals surface area contributed by atoms with Gasteiger partial charge in [-0.3, -0.25) is 24.6 Å². The Kier molecular flexibility index (Phi) is 7.12. The van der Waals surface area contributed by atoms with Crippen LogP contribution in [0.4, 0.5) is 10.5 Å². The second kappa shape index (κ2) is 11.3. The van der Waals surface area contributed by atoms with E-state index in [-0.39, 0.29) is 37.1 Å². The molecule has 2 saturated heterocycles. The number of hydrogen-bond donors (Lipinski definition) is 2. The molecule has 3 aliphatic heterocycles. The number of piperazine rings is 1. The molecule has 11 heteroatoms. The average molecular weight is 656 g/mol. The first-order chi connectivity index (χ1) is 23.6. The number of fused-ring (bicyclic) bond motifs is 5. The van der Waals surface area contributed by atoms with Gasteiger partial charge in [-0.05, 0) is 46.9 Å². The number of aryl methyl sites for hydroxylation is 1. The summed E-state index contributed by atoms with van der Waals surface area (Å²) in [5, 5.41) is 16.1. The van der Waals surface area contributed by atoms with Crippen LogP contribution in [0.2, 0.25) is 0 Å². The normalized spacial score (nSPS) is 18.8. The van der Waals surface area contributed by atoms with Crippen LogP contribution in [0.25, 0.3) is 10.9 Å². The molecule has 0 saturated carbocycles. The van der Waals surface area contributed by atoms with Gasteiger partial charge in [0.1, 0.15) is 6.07 Å². The minimum Gasteiger partial charge on any atom is -0.366 e. The zero-order chi connectivity index (χ0) is 34.2. The van der Waals surface area contributed by atoms with Crippen molar-refractivity contribution in [3.8, 4) is 6.07 Å². The van der Waals surface area contributed by atoms with E-state index < -0.39 is 11.4 Å². The van der Waals surface area contributed by atoms with Gasteiger partial charge in [0, 0.05) is 66.8 Å². The Labute approximate surface area is 284 Å². The largest absolute Gasteiger partial charge is 0.366 e. The fraction of sp³-hybridized carbons (Fsp3) is 0.342. The lowest BCUT2D eigenvalue weighted by atomic mass is 9.71. The molecule has 4 aromatic rings. The second-order valence-electron chi connectivity index (χ2n) is 13.9. The molecule has 1 aromatic heterocycles. The Balaban J connectivity index is 1.02. The number of amides is 4. The van der Waals surface area contributed by atoms with Gasteiger partial charge in [-0.1, -0.05) is 51.1 Å². The molecule has 11 nitrogen and oxygen atoms in total. The summed E-state index contributed by atoms with van der Waals surface area (Å²) >= 11 is 0. The van der Waals surface area contributed by atoms with Gasteiger partial charge in [0.2, 0.25) is 5.91 Å². The lowest BCUT2D eigenvalue weighted by Gasteiger charge is -2.36. The zero-order valence-corrected chi connectivity index (χ0v) is 27.9. The third-order valence-electron chi connectivity index (χ3n) is 10.7. The molecular weight excluding hydrogens is 618 g/mol. The number of nitrogens with zero attached hydrogens (tertiary/aromatic N) is 5. The van der Waals surface area contributed by atoms with Crippen molar-refractivity contribution in [2.75, 3.05) is 37.6 Å². The number of urea groups is 1. The lowest BCUT2D eigenvalue weighted by molar-refractivity contribution is -0.123. The van der Waals surface area contributed by atoms with E-state index in [1.807, 2.05) is 36.4 Å². The van der Waals surface area contributed by atoms with Crippen LogP contribution in [0.5, 0.6) is 0 Å². The highest BCUT2D eigenvalue weighted by Crippen LogP contribution is 2.46. The Morgan fingerprint density at radius 2 is 1.65 bits per heavy atom. The molecule has 0 atom stereocenters. The van der Waals surface area contributed by atoms with Crippen LogP contribution in [0.15, 0.2) is 48.5 Å². The van der Waals surface area contributed by atoms with Gasteiger partial charge in [-0.2, -0.15) is 5.26 Å². The number of hydrazine groups is 1. The lowest BCUT2D eigenvalue weighted by Crippen LogP contribution is -2.56. The molecule has 2 N–H and O–H groups in total. The quantitative estimate of drug-likeness (QED) is 0.321. The highest BCUT2D eigenvalue weighted by atomic mass is 16.2. The molecule has 0 unspecified atom stereocenters. The molecule has 49 heavy (non-hydrogen) atoms. The number of ketones is 1. The summed E-state index contributed by atoms with van der Waals surface area (Å²) in [4.78, 5) is 59.4. The number of imide groups is 1. The van der Waals surface area contributed by atoms with E-state index in [4.69, 9.17) is 0 Å². The van der Waals surface area contributed by atoms with Gasteiger partial charge >= 0.3 is 6.03 Å². The Morgan fingerprint density at radius 3 is 2.39 bits per heavy atom. The number of nitriles is 1. The van der Waals surface area contributed by atoms with Crippen LogP contribution in [0.1, 0.15) is 87.0 Å². The number of H-pyrrole nitrogens is 1. The summed E-state index contributed by atoms with van der Waals surface area (Å²) in [6.07, 6.45) is 1.01. The van der Waals surface area contributed by atoms with Crippen molar-refractivity contribution in [2.24, 2.45) is 0 Å². The fourth-order valence-electron chi connectivity index (χ4n) is 8.01. The maximum atomic E-state index is 14.1. The van der Waals surface area contributed by atoms with Crippen molar-refractivity contribution >= 4 is 40.2 Å². The summed E-state index contributed by atoms with van der Waals surface area (Å²) in [5.41, 5.74) is 8.85. The molecular formula is C38H37N7O4. The van der Waals surface area contributed by atoms with Crippen molar-refractivity contribution in [3.05, 3.63) is 98.7 Å². The van der Waals surface area contributed by atoms with Crippen LogP contribution in [-0.2, 0) is 29.7 Å². The minimum atomic E-state index is -0.573. The standard InChI is InChI=1S/C38H37N7O4/c1-4-22-6-10-29-28(18-22)34(47)31-27-9-7-24(19-39)33(32(27)41-35(31)38(29,2)3)43-15-13-42(14-16-43)20-23-5-8-26-25(17-23)21-45(36(26)48)44-12-11-30(46)40-37(44)49/h5-10,17-18,41H,4,11-16,20-21H2,1-3H3,(H,40,46,49). The maximum Gasteiger partial charge on any atom is 0.342 e. The van der Waals surface area contributed by atoms with E-state index in [9.17, 15) is 24.4 Å². The van der Waals surface area contributed by atoms with Gasteiger partial charge in [-0.15, -0.1) is 0 Å². The van der Waals surface area contributed by atoms with Crippen molar-refractivity contribution in [1.82, 2.24) is 25.2 Å². The second-order valence-corrected chi connectivity index (χ2v) is 13.9. The van der Waals surface area contributed by atoms with E-state index >= 15 is 0 Å². The molecule has 4 heterocycles. The van der Waals surface area contributed by atoms with Crippen LogP contribution >= 0.6 is 0 Å². The number of benzene rings is 3. The summed E-state index contributed by atoms with van der Waals surface area (Å²) in [6.45, 7) is 10.5. The molecule has 4 aliphatic rings. The zero-order valence-electron chi connectivity index (χ0n) is 27.9. The molecule has 248 valence electrons. The monoisotopic (exact) mass is 655 g/mol. The number of anilines is 1. The Bertz CT molecular complexity index is 2150. The van der Waals surface area contributed by atoms with E-state index in [0.717, 1.165) is 69.6 Å². The number of carbonyl (C=O) groups is 4. The van der Waals surface area contributed by atoms with Crippen LogP contribution in [-0.4, -0.2) is 76.3 Å². The summed E-state index contributed by atoms with van der Waals surface area (Å²) in [7, 11) is 0. The van der Waals surface area contributed by atoms with Gasteiger partial charge in [0.25, 0.3) is 5.91 Å². The minimum absolute atomic E-state index is 0.0276. The van der Waals surface area contributed by atoms with Crippen LogP contribution in [0, 0.1) is 11.3 Å². The number of aromatic nitrogens is 1. The molecule has 4 amide bonds. The first-order valence-electron chi connectivity index (χ1n) is 16.9. The fourth-order valence-corrected chi connectivity index (χ4v) is 8.01. The van der Waals surface area contributed by atoms with Gasteiger partial charge < -0.3 is 9.88 Å². The Hall–Kier alpha value is -5.47. The van der Waals surface area contributed by atoms with Crippen LogP contribution < -0.4 is 10.2 Å². The molecule has 1 aliphatic carbocycles. The number of rotatable bonds is 5. The van der Waals surface area contributed by atoms with Crippen LogP contribution in [0.3, 0.4) is 0 Å². The van der Waals surface area contributed by atoms with E-state index in [1.54, 1.807) is 0 Å². The highest BCUT2D eigenvalue weighted by Gasteiger charge is 2.41. The van der Waals surface area contributed by atoms with Crippen molar-refractivity contribution in [1.29, 1.82) is 5.26 Å². The average Bonchev–Trinajstić information content (AvgIpc) is 3.65. The predicted octanol–water partition coefficient (Wildman–Crippen LogP) is 4.61. The van der Waals surface area contributed by atoms with E-state index in [0.29, 0.717) is 36.3 Å². The summed E-state index contributed by atoms with van der Waals surface area (Å²) in [6, 6.07) is 17.7. The molecule has 0 radical (unpaired) electrons. The smallest absolute Gasteiger partial charge is 0.342 e. The topological polar surface area (TPSA) is 133 Å². The van der Waals surface area contributed by atoms with Gasteiger partial charge in [0.05, 0.1) is 35.4 Å². The summed E-state index contributed by atoms with van der Waals surface area (Å²) < 4.78 is 0. The first-order valence-corrected chi connectivity index (χ1v) is 16.9. The van der Waals surface area contributed by atoms with E-state index in [1.165, 1.54) is 10.0 Å². The van der Waals surface area contributed by atoms with Crippen molar-refractivity contribution in [2.45, 2.75) is 52.1 Å². The Morgan fingerprint density at radius 1 is 0.878 bits per heavy atom. The molecule has 8 rings (SSSR count). The molecule has 0 bridgehead atoms. The maximum absolute atomic E-state index is 14.1. The summed E-state index contributed by atoms with van der Waals surface area (Å²) in [5.74, 6) is -0.552. The number of nitrogens with one attached hydrogen (secondary N) is 2.